The molecule has 1 saturated heterocycles. The van der Waals surface area contributed by atoms with Gasteiger partial charge in [-0.2, -0.15) is 5.26 Å². The van der Waals surface area contributed by atoms with E-state index in [0.717, 1.165) is 26.2 Å². The second-order valence-corrected chi connectivity index (χ2v) is 6.71. The first kappa shape index (κ1) is 12.5. The van der Waals surface area contributed by atoms with Crippen LogP contribution in [0, 0.1) is 11.3 Å². The fourth-order valence-corrected chi connectivity index (χ4v) is 3.83. The molecule has 0 saturated carbocycles. The second kappa shape index (κ2) is 5.61. The van der Waals surface area contributed by atoms with Crippen molar-refractivity contribution in [3.8, 4) is 6.07 Å². The molecule has 0 radical (unpaired) electrons. The first-order valence-electron chi connectivity index (χ1n) is 4.88. The average Bonchev–Trinajstić information content (AvgIpc) is 2.61. The maximum absolute atomic E-state index is 9.28. The van der Waals surface area contributed by atoms with Gasteiger partial charge in [-0.1, -0.05) is 0 Å². The summed E-state index contributed by atoms with van der Waals surface area (Å²) in [6, 6.07) is 4.22. The number of nitrogens with zero attached hydrogens (tertiary/aromatic N) is 2. The molecule has 0 amide bonds. The van der Waals surface area contributed by atoms with Gasteiger partial charge in [0.25, 0.3) is 0 Å². The SMILES string of the molecule is N#CC(c1cc(Br)c(Br)s1)N1CCOCC1. The van der Waals surface area contributed by atoms with E-state index in [2.05, 4.69) is 42.8 Å². The molecular formula is C10H10Br2N2OS. The number of morpholine rings is 1. The van der Waals surface area contributed by atoms with Crippen molar-refractivity contribution < 1.29 is 4.74 Å². The highest BCUT2D eigenvalue weighted by Crippen LogP contribution is 2.37. The van der Waals surface area contributed by atoms with Gasteiger partial charge in [0.05, 0.1) is 23.1 Å². The smallest absolute Gasteiger partial charge is 0.133 e. The highest BCUT2D eigenvalue weighted by molar-refractivity contribution is 9.13. The summed E-state index contributed by atoms with van der Waals surface area (Å²) in [5.74, 6) is 0. The Morgan fingerprint density at radius 2 is 2.12 bits per heavy atom. The van der Waals surface area contributed by atoms with Crippen LogP contribution in [0.5, 0.6) is 0 Å². The van der Waals surface area contributed by atoms with Gasteiger partial charge in [0.15, 0.2) is 0 Å². The highest BCUT2D eigenvalue weighted by atomic mass is 79.9. The third-order valence-electron chi connectivity index (χ3n) is 2.47. The Labute approximate surface area is 115 Å². The predicted molar refractivity (Wildman–Crippen MR) is 70.5 cm³/mol. The van der Waals surface area contributed by atoms with E-state index in [1.54, 1.807) is 11.3 Å². The first-order valence-corrected chi connectivity index (χ1v) is 7.29. The van der Waals surface area contributed by atoms with Crippen molar-refractivity contribution in [1.29, 1.82) is 5.26 Å². The van der Waals surface area contributed by atoms with Crippen molar-refractivity contribution >= 4 is 43.2 Å². The first-order chi connectivity index (χ1) is 7.72. The number of hydrogen-bond acceptors (Lipinski definition) is 4. The summed E-state index contributed by atoms with van der Waals surface area (Å²) in [5, 5.41) is 9.28. The van der Waals surface area contributed by atoms with Crippen LogP contribution in [0.3, 0.4) is 0 Å². The second-order valence-electron chi connectivity index (χ2n) is 3.45. The summed E-state index contributed by atoms with van der Waals surface area (Å²) in [6.45, 7) is 3.08. The third-order valence-corrected chi connectivity index (χ3v) is 5.78. The van der Waals surface area contributed by atoms with Crippen LogP contribution in [0.25, 0.3) is 0 Å². The number of ether oxygens (including phenoxy) is 1. The normalized spacial score (nSPS) is 19.3. The van der Waals surface area contributed by atoms with Crippen molar-refractivity contribution in [2.24, 2.45) is 0 Å². The molecule has 3 nitrogen and oxygen atoms in total. The van der Waals surface area contributed by atoms with E-state index in [4.69, 9.17) is 4.74 Å². The van der Waals surface area contributed by atoms with E-state index in [1.165, 1.54) is 0 Å². The van der Waals surface area contributed by atoms with Gasteiger partial charge in [0, 0.05) is 22.4 Å². The van der Waals surface area contributed by atoms with Gasteiger partial charge in [0.1, 0.15) is 6.04 Å². The van der Waals surface area contributed by atoms with Crippen molar-refractivity contribution in [1.82, 2.24) is 4.90 Å². The third kappa shape index (κ3) is 2.66. The van der Waals surface area contributed by atoms with Gasteiger partial charge in [0.2, 0.25) is 0 Å². The predicted octanol–water partition coefficient (Wildman–Crippen LogP) is 3.17. The number of hydrogen-bond donors (Lipinski definition) is 0. The molecule has 1 aliphatic rings. The summed E-state index contributed by atoms with van der Waals surface area (Å²) >= 11 is 8.51. The molecule has 2 heterocycles. The molecule has 86 valence electrons. The van der Waals surface area contributed by atoms with Crippen LogP contribution < -0.4 is 0 Å². The molecule has 2 rings (SSSR count). The standard InChI is InChI=1S/C10H10Br2N2OS/c11-7-5-9(16-10(7)12)8(6-13)14-1-3-15-4-2-14/h5,8H,1-4H2. The Bertz CT molecular complexity index is 390. The van der Waals surface area contributed by atoms with Crippen molar-refractivity contribution in [2.75, 3.05) is 26.3 Å². The van der Waals surface area contributed by atoms with E-state index < -0.39 is 0 Å². The molecule has 0 bridgehead atoms. The molecule has 6 heteroatoms. The zero-order valence-corrected chi connectivity index (χ0v) is 12.4. The molecular weight excluding hydrogens is 356 g/mol. The van der Waals surface area contributed by atoms with Gasteiger partial charge < -0.3 is 4.74 Å². The number of nitriles is 1. The molecule has 1 fully saturated rings. The number of halogens is 2. The van der Waals surface area contributed by atoms with Crippen molar-refractivity contribution in [2.45, 2.75) is 6.04 Å². The quantitative estimate of drug-likeness (QED) is 0.807. The number of thiophene rings is 1. The molecule has 0 aliphatic carbocycles. The average molecular weight is 366 g/mol. The molecule has 16 heavy (non-hydrogen) atoms. The Morgan fingerprint density at radius 3 is 2.62 bits per heavy atom. The fraction of sp³-hybridized carbons (Fsp3) is 0.500. The maximum Gasteiger partial charge on any atom is 0.133 e. The largest absolute Gasteiger partial charge is 0.379 e. The Kier molecular flexibility index (Phi) is 4.39. The Hall–Kier alpha value is 0.0700. The minimum Gasteiger partial charge on any atom is -0.379 e. The Morgan fingerprint density at radius 1 is 1.44 bits per heavy atom. The molecule has 0 spiro atoms. The van der Waals surface area contributed by atoms with E-state index in [9.17, 15) is 5.26 Å². The lowest BCUT2D eigenvalue weighted by Gasteiger charge is -2.29. The molecule has 1 aliphatic heterocycles. The van der Waals surface area contributed by atoms with Crippen LogP contribution in [0.1, 0.15) is 10.9 Å². The summed E-state index contributed by atoms with van der Waals surface area (Å²) in [4.78, 5) is 3.23. The maximum atomic E-state index is 9.28. The van der Waals surface area contributed by atoms with Gasteiger partial charge in [-0.3, -0.25) is 4.90 Å². The summed E-state index contributed by atoms with van der Waals surface area (Å²) in [6.07, 6.45) is 0. The summed E-state index contributed by atoms with van der Waals surface area (Å²) in [7, 11) is 0. The molecule has 1 unspecified atom stereocenters. The topological polar surface area (TPSA) is 36.3 Å². The molecule has 1 atom stereocenters. The van der Waals surface area contributed by atoms with Crippen molar-refractivity contribution in [3.63, 3.8) is 0 Å². The Balaban J connectivity index is 2.18. The minimum atomic E-state index is -0.156. The lowest BCUT2D eigenvalue weighted by molar-refractivity contribution is 0.0272. The zero-order chi connectivity index (χ0) is 11.5. The molecule has 1 aromatic heterocycles. The summed E-state index contributed by atoms with van der Waals surface area (Å²) < 4.78 is 7.35. The van der Waals surface area contributed by atoms with E-state index in [0.29, 0.717) is 13.2 Å². The minimum absolute atomic E-state index is 0.156. The van der Waals surface area contributed by atoms with Gasteiger partial charge in [-0.25, -0.2) is 0 Å². The zero-order valence-electron chi connectivity index (χ0n) is 8.45. The lowest BCUT2D eigenvalue weighted by Crippen LogP contribution is -2.38. The van der Waals surface area contributed by atoms with E-state index in [-0.39, 0.29) is 6.04 Å². The fourth-order valence-electron chi connectivity index (χ4n) is 1.66. The lowest BCUT2D eigenvalue weighted by atomic mass is 10.2. The van der Waals surface area contributed by atoms with E-state index in [1.807, 2.05) is 6.07 Å². The van der Waals surface area contributed by atoms with Gasteiger partial charge in [-0.05, 0) is 37.9 Å². The van der Waals surface area contributed by atoms with Gasteiger partial charge in [-0.15, -0.1) is 11.3 Å². The van der Waals surface area contributed by atoms with Crippen molar-refractivity contribution in [3.05, 3.63) is 19.2 Å². The molecule has 1 aromatic rings. The highest BCUT2D eigenvalue weighted by Gasteiger charge is 2.24. The monoisotopic (exact) mass is 364 g/mol. The molecule has 0 N–H and O–H groups in total. The number of rotatable bonds is 2. The van der Waals surface area contributed by atoms with Crippen LogP contribution in [-0.2, 0) is 4.74 Å². The molecule has 0 aromatic carbocycles. The summed E-state index contributed by atoms with van der Waals surface area (Å²) in [5.41, 5.74) is 0. The van der Waals surface area contributed by atoms with Crippen LogP contribution in [-0.4, -0.2) is 31.2 Å². The van der Waals surface area contributed by atoms with Crippen LogP contribution >= 0.6 is 43.2 Å². The van der Waals surface area contributed by atoms with Crippen LogP contribution in [0.15, 0.2) is 14.3 Å². The van der Waals surface area contributed by atoms with Gasteiger partial charge >= 0.3 is 0 Å². The van der Waals surface area contributed by atoms with Crippen LogP contribution in [0.2, 0.25) is 0 Å². The van der Waals surface area contributed by atoms with Crippen LogP contribution in [0.4, 0.5) is 0 Å². The van der Waals surface area contributed by atoms with E-state index >= 15 is 0 Å².